The number of rotatable bonds is 8. The molecule has 1 N–H and O–H groups in total. The maximum absolute atomic E-state index is 12.7. The highest BCUT2D eigenvalue weighted by molar-refractivity contribution is 5.44. The molecule has 2 nitrogen and oxygen atoms in total. The number of unbranched alkanes of at least 4 members (excludes halogenated alkanes) is 4. The summed E-state index contributed by atoms with van der Waals surface area (Å²) in [5, 5.41) is 12.2. The predicted octanol–water partition coefficient (Wildman–Crippen LogP) is 4.49. The molecule has 1 aromatic rings. The van der Waals surface area contributed by atoms with E-state index in [1.165, 1.54) is 37.8 Å². The van der Waals surface area contributed by atoms with Crippen molar-refractivity contribution >= 4 is 5.69 Å². The number of hydrogen-bond donors (Lipinski definition) is 1. The number of hydrogen-bond acceptors (Lipinski definition) is 2. The van der Waals surface area contributed by atoms with Crippen LogP contribution in [0.15, 0.2) is 24.3 Å². The molecule has 0 fully saturated rings. The minimum atomic E-state index is -0.256. The van der Waals surface area contributed by atoms with Gasteiger partial charge in [-0.25, -0.2) is 4.39 Å². The van der Waals surface area contributed by atoms with E-state index in [4.69, 9.17) is 5.26 Å². The van der Waals surface area contributed by atoms with Crippen LogP contribution in [0.4, 0.5) is 10.1 Å². The van der Waals surface area contributed by atoms with Crippen LogP contribution in [0.2, 0.25) is 0 Å². The van der Waals surface area contributed by atoms with Gasteiger partial charge in [0.15, 0.2) is 0 Å². The molecule has 1 unspecified atom stereocenters. The zero-order valence-corrected chi connectivity index (χ0v) is 11.0. The number of nitrogens with zero attached hydrogens (tertiary/aromatic N) is 1. The van der Waals surface area contributed by atoms with Crippen LogP contribution in [0.1, 0.15) is 45.4 Å². The summed E-state index contributed by atoms with van der Waals surface area (Å²) in [5.41, 5.74) is 0.802. The third-order valence-corrected chi connectivity index (χ3v) is 2.94. The Morgan fingerprint density at radius 1 is 1.17 bits per heavy atom. The summed E-state index contributed by atoms with van der Waals surface area (Å²) in [6.07, 6.45) is 6.82. The van der Waals surface area contributed by atoms with E-state index in [-0.39, 0.29) is 11.9 Å². The molecule has 0 spiro atoms. The van der Waals surface area contributed by atoms with Crippen LogP contribution < -0.4 is 5.32 Å². The van der Waals surface area contributed by atoms with Gasteiger partial charge >= 0.3 is 0 Å². The largest absolute Gasteiger partial charge is 0.370 e. The highest BCUT2D eigenvalue weighted by atomic mass is 19.1. The summed E-state index contributed by atoms with van der Waals surface area (Å²) in [6, 6.07) is 8.20. The molecular formula is C15H21FN2. The molecule has 0 aliphatic heterocycles. The maximum Gasteiger partial charge on any atom is 0.123 e. The lowest BCUT2D eigenvalue weighted by Crippen LogP contribution is -2.16. The lowest BCUT2D eigenvalue weighted by molar-refractivity contribution is 0.597. The molecule has 0 aliphatic carbocycles. The first kappa shape index (κ1) is 14.5. The second-order valence-corrected chi connectivity index (χ2v) is 4.54. The molecule has 0 aliphatic rings. The molecule has 0 bridgehead atoms. The average Bonchev–Trinajstić information content (AvgIpc) is 2.39. The summed E-state index contributed by atoms with van der Waals surface area (Å²) in [6.45, 7) is 2.19. The summed E-state index contributed by atoms with van der Waals surface area (Å²) in [7, 11) is 0. The Hall–Kier alpha value is -1.56. The Labute approximate surface area is 109 Å². The van der Waals surface area contributed by atoms with Crippen LogP contribution in [0.3, 0.4) is 0 Å². The number of nitriles is 1. The van der Waals surface area contributed by atoms with E-state index >= 15 is 0 Å². The van der Waals surface area contributed by atoms with Crippen molar-refractivity contribution in [1.29, 1.82) is 5.26 Å². The van der Waals surface area contributed by atoms with E-state index in [1.54, 1.807) is 12.1 Å². The Kier molecular flexibility index (Phi) is 6.86. The fourth-order valence-electron chi connectivity index (χ4n) is 1.87. The SMILES string of the molecule is CCCCCCCC(C#N)Nc1ccc(F)cc1. The minimum absolute atomic E-state index is 0.183. The number of anilines is 1. The second kappa shape index (κ2) is 8.52. The molecule has 0 heterocycles. The van der Waals surface area contributed by atoms with Crippen LogP contribution in [0, 0.1) is 17.1 Å². The van der Waals surface area contributed by atoms with Gasteiger partial charge in [-0.1, -0.05) is 39.0 Å². The second-order valence-electron chi connectivity index (χ2n) is 4.54. The van der Waals surface area contributed by atoms with E-state index < -0.39 is 0 Å². The van der Waals surface area contributed by atoms with Crippen LogP contribution in [-0.4, -0.2) is 6.04 Å². The lowest BCUT2D eigenvalue weighted by Gasteiger charge is -2.12. The van der Waals surface area contributed by atoms with Crippen molar-refractivity contribution in [3.05, 3.63) is 30.1 Å². The van der Waals surface area contributed by atoms with Gasteiger partial charge in [-0.3, -0.25) is 0 Å². The molecule has 0 saturated heterocycles. The van der Waals surface area contributed by atoms with Gasteiger partial charge in [-0.2, -0.15) is 5.26 Å². The van der Waals surface area contributed by atoms with Crippen molar-refractivity contribution in [2.75, 3.05) is 5.32 Å². The van der Waals surface area contributed by atoms with Crippen LogP contribution in [0.25, 0.3) is 0 Å². The molecule has 1 rings (SSSR count). The predicted molar refractivity (Wildman–Crippen MR) is 72.8 cm³/mol. The van der Waals surface area contributed by atoms with Crippen molar-refractivity contribution in [3.8, 4) is 6.07 Å². The number of benzene rings is 1. The normalized spacial score (nSPS) is 11.8. The Morgan fingerprint density at radius 3 is 2.44 bits per heavy atom. The maximum atomic E-state index is 12.7. The van der Waals surface area contributed by atoms with E-state index in [0.717, 1.165) is 18.5 Å². The molecule has 0 radical (unpaired) electrons. The smallest absolute Gasteiger partial charge is 0.123 e. The van der Waals surface area contributed by atoms with Crippen molar-refractivity contribution in [1.82, 2.24) is 0 Å². The summed E-state index contributed by atoms with van der Waals surface area (Å²) >= 11 is 0. The highest BCUT2D eigenvalue weighted by Crippen LogP contribution is 2.13. The zero-order valence-electron chi connectivity index (χ0n) is 11.0. The van der Waals surface area contributed by atoms with Crippen molar-refractivity contribution in [3.63, 3.8) is 0 Å². The molecule has 18 heavy (non-hydrogen) atoms. The number of halogens is 1. The van der Waals surface area contributed by atoms with Gasteiger partial charge in [-0.15, -0.1) is 0 Å². The van der Waals surface area contributed by atoms with Gasteiger partial charge in [0.05, 0.1) is 6.07 Å². The van der Waals surface area contributed by atoms with Crippen LogP contribution >= 0.6 is 0 Å². The van der Waals surface area contributed by atoms with E-state index in [2.05, 4.69) is 18.3 Å². The first-order valence-electron chi connectivity index (χ1n) is 6.68. The first-order valence-corrected chi connectivity index (χ1v) is 6.68. The van der Waals surface area contributed by atoms with E-state index in [9.17, 15) is 4.39 Å². The fourth-order valence-corrected chi connectivity index (χ4v) is 1.87. The number of nitrogens with one attached hydrogen (secondary N) is 1. The lowest BCUT2D eigenvalue weighted by atomic mass is 10.1. The van der Waals surface area contributed by atoms with E-state index in [1.807, 2.05) is 0 Å². The zero-order chi connectivity index (χ0) is 13.2. The van der Waals surface area contributed by atoms with Crippen molar-refractivity contribution in [2.45, 2.75) is 51.5 Å². The molecule has 98 valence electrons. The van der Waals surface area contributed by atoms with Crippen LogP contribution in [-0.2, 0) is 0 Å². The van der Waals surface area contributed by atoms with Gasteiger partial charge < -0.3 is 5.32 Å². The molecule has 0 saturated carbocycles. The Morgan fingerprint density at radius 2 is 1.83 bits per heavy atom. The third kappa shape index (κ3) is 5.67. The van der Waals surface area contributed by atoms with Gasteiger partial charge in [-0.05, 0) is 30.7 Å². The van der Waals surface area contributed by atoms with E-state index in [0.29, 0.717) is 0 Å². The van der Waals surface area contributed by atoms with Gasteiger partial charge in [0.25, 0.3) is 0 Å². The standard InChI is InChI=1S/C15H21FN2/c1-2-3-4-5-6-7-15(12-17)18-14-10-8-13(16)9-11-14/h8-11,15,18H,2-7H2,1H3. The first-order chi connectivity index (χ1) is 8.76. The molecule has 0 amide bonds. The summed E-state index contributed by atoms with van der Waals surface area (Å²) < 4.78 is 12.7. The molecule has 3 heteroatoms. The molecular weight excluding hydrogens is 227 g/mol. The minimum Gasteiger partial charge on any atom is -0.370 e. The summed E-state index contributed by atoms with van der Waals surface area (Å²) in [5.74, 6) is -0.256. The highest BCUT2D eigenvalue weighted by Gasteiger charge is 2.06. The summed E-state index contributed by atoms with van der Waals surface area (Å²) in [4.78, 5) is 0. The topological polar surface area (TPSA) is 35.8 Å². The van der Waals surface area contributed by atoms with Gasteiger partial charge in [0.2, 0.25) is 0 Å². The Balaban J connectivity index is 2.29. The Bertz CT molecular complexity index is 367. The monoisotopic (exact) mass is 248 g/mol. The fraction of sp³-hybridized carbons (Fsp3) is 0.533. The van der Waals surface area contributed by atoms with Gasteiger partial charge in [0.1, 0.15) is 11.9 Å². The molecule has 0 aromatic heterocycles. The molecule has 1 atom stereocenters. The van der Waals surface area contributed by atoms with Gasteiger partial charge in [0, 0.05) is 5.69 Å². The van der Waals surface area contributed by atoms with Crippen molar-refractivity contribution < 1.29 is 4.39 Å². The van der Waals surface area contributed by atoms with Crippen molar-refractivity contribution in [2.24, 2.45) is 0 Å². The third-order valence-electron chi connectivity index (χ3n) is 2.94. The average molecular weight is 248 g/mol. The van der Waals surface area contributed by atoms with Crippen LogP contribution in [0.5, 0.6) is 0 Å². The quantitative estimate of drug-likeness (QED) is 0.688. The molecule has 1 aromatic carbocycles.